The highest BCUT2D eigenvalue weighted by Crippen LogP contribution is 2.23. The van der Waals surface area contributed by atoms with E-state index in [0.717, 1.165) is 56.3 Å². The number of hydrogen-bond acceptors (Lipinski definition) is 5. The van der Waals surface area contributed by atoms with Crippen LogP contribution in [0.1, 0.15) is 5.69 Å². The van der Waals surface area contributed by atoms with Crippen LogP contribution in [0.2, 0.25) is 0 Å². The number of likely N-dealkylation sites (N-methyl/N-ethyl adjacent to an activating group) is 1. The molecule has 0 atom stereocenters. The molecule has 1 aliphatic heterocycles. The molecule has 0 radical (unpaired) electrons. The van der Waals surface area contributed by atoms with Crippen molar-refractivity contribution >= 4 is 21.6 Å². The normalized spacial score (nSPS) is 15.9. The van der Waals surface area contributed by atoms with Crippen molar-refractivity contribution in [1.82, 2.24) is 9.88 Å². The van der Waals surface area contributed by atoms with E-state index in [0.29, 0.717) is 0 Å². The monoisotopic (exact) mass is 343 g/mol. The van der Waals surface area contributed by atoms with E-state index >= 15 is 0 Å². The highest BCUT2D eigenvalue weighted by Gasteiger charge is 2.17. The van der Waals surface area contributed by atoms with Gasteiger partial charge in [-0.25, -0.2) is 4.98 Å². The molecule has 0 spiro atoms. The van der Waals surface area contributed by atoms with Crippen LogP contribution in [0.15, 0.2) is 16.7 Å². The molecule has 2 rings (SSSR count). The first-order valence-electron chi connectivity index (χ1n) is 6.86. The van der Waals surface area contributed by atoms with Crippen molar-refractivity contribution in [2.24, 2.45) is 0 Å². The average molecular weight is 344 g/mol. The summed E-state index contributed by atoms with van der Waals surface area (Å²) in [6, 6.07) is 4.14. The maximum Gasteiger partial charge on any atom is 0.106 e. The first kappa shape index (κ1) is 15.7. The molecule has 1 fully saturated rings. The average Bonchev–Trinajstić information content (AvgIpc) is 2.46. The van der Waals surface area contributed by atoms with Gasteiger partial charge in [-0.1, -0.05) is 0 Å². The van der Waals surface area contributed by atoms with Crippen LogP contribution in [0.4, 0.5) is 5.69 Å². The van der Waals surface area contributed by atoms with Crippen molar-refractivity contribution in [3.8, 4) is 0 Å². The molecule has 0 N–H and O–H groups in total. The maximum absolute atomic E-state index is 5.42. The lowest BCUT2D eigenvalue weighted by Crippen LogP contribution is -2.37. The number of methoxy groups -OCH3 is 1. The predicted molar refractivity (Wildman–Crippen MR) is 83.2 cm³/mol. The molecule has 1 aromatic heterocycles. The van der Waals surface area contributed by atoms with Crippen molar-refractivity contribution in [1.29, 1.82) is 0 Å². The first-order valence-corrected chi connectivity index (χ1v) is 7.65. The lowest BCUT2D eigenvalue weighted by atomic mass is 10.2. The molecule has 0 amide bonds. The van der Waals surface area contributed by atoms with Crippen molar-refractivity contribution in [2.45, 2.75) is 6.54 Å². The quantitative estimate of drug-likeness (QED) is 0.736. The van der Waals surface area contributed by atoms with Gasteiger partial charge in [-0.3, -0.25) is 4.90 Å². The second-order valence-electron chi connectivity index (χ2n) is 4.93. The number of halogens is 1. The van der Waals surface area contributed by atoms with E-state index in [1.165, 1.54) is 5.69 Å². The van der Waals surface area contributed by atoms with Crippen LogP contribution in [-0.4, -0.2) is 63.5 Å². The molecule has 0 aromatic carbocycles. The van der Waals surface area contributed by atoms with Crippen molar-refractivity contribution < 1.29 is 9.47 Å². The third-order valence-electron chi connectivity index (χ3n) is 3.36. The maximum atomic E-state index is 5.42. The fraction of sp³-hybridized carbons (Fsp3) is 0.643. The number of hydrogen-bond donors (Lipinski definition) is 0. The molecule has 20 heavy (non-hydrogen) atoms. The van der Waals surface area contributed by atoms with Gasteiger partial charge in [-0.15, -0.1) is 0 Å². The van der Waals surface area contributed by atoms with Crippen LogP contribution in [-0.2, 0) is 16.0 Å². The molecule has 0 aliphatic carbocycles. The van der Waals surface area contributed by atoms with Gasteiger partial charge in [-0.05, 0) is 35.1 Å². The minimum Gasteiger partial charge on any atom is -0.383 e. The topological polar surface area (TPSA) is 37.8 Å². The SMILES string of the molecule is COCCN(C)Cc1nc(Br)ccc1N1CCOCC1. The Morgan fingerprint density at radius 3 is 2.85 bits per heavy atom. The van der Waals surface area contributed by atoms with Gasteiger partial charge in [0.25, 0.3) is 0 Å². The number of ether oxygens (including phenoxy) is 2. The molecule has 0 saturated carbocycles. The summed E-state index contributed by atoms with van der Waals surface area (Å²) >= 11 is 3.47. The van der Waals surface area contributed by atoms with Gasteiger partial charge < -0.3 is 14.4 Å². The van der Waals surface area contributed by atoms with Crippen molar-refractivity contribution in [2.75, 3.05) is 58.5 Å². The fourth-order valence-electron chi connectivity index (χ4n) is 2.26. The summed E-state index contributed by atoms with van der Waals surface area (Å²) in [6.07, 6.45) is 0. The zero-order chi connectivity index (χ0) is 14.4. The minimum atomic E-state index is 0.734. The summed E-state index contributed by atoms with van der Waals surface area (Å²) in [5.74, 6) is 0. The number of aromatic nitrogens is 1. The molecule has 0 unspecified atom stereocenters. The molecule has 5 nitrogen and oxygen atoms in total. The second-order valence-corrected chi connectivity index (χ2v) is 5.74. The van der Waals surface area contributed by atoms with E-state index in [4.69, 9.17) is 9.47 Å². The van der Waals surface area contributed by atoms with E-state index in [9.17, 15) is 0 Å². The van der Waals surface area contributed by atoms with Gasteiger partial charge in [0.2, 0.25) is 0 Å². The molecule has 0 bridgehead atoms. The Kier molecular flexibility index (Phi) is 6.22. The smallest absolute Gasteiger partial charge is 0.106 e. The van der Waals surface area contributed by atoms with E-state index in [2.05, 4.69) is 43.8 Å². The predicted octanol–water partition coefficient (Wildman–Crippen LogP) is 1.76. The number of pyridine rings is 1. The van der Waals surface area contributed by atoms with Gasteiger partial charge in [0.15, 0.2) is 0 Å². The summed E-state index contributed by atoms with van der Waals surface area (Å²) in [6.45, 7) is 5.88. The Labute approximate surface area is 129 Å². The molecule has 6 heteroatoms. The zero-order valence-electron chi connectivity index (χ0n) is 12.1. The van der Waals surface area contributed by atoms with Crippen molar-refractivity contribution in [3.63, 3.8) is 0 Å². The standard InChI is InChI=1S/C14H22BrN3O2/c1-17(5-8-19-2)11-12-13(3-4-14(15)16-12)18-6-9-20-10-7-18/h3-4H,5-11H2,1-2H3. The van der Waals surface area contributed by atoms with Crippen LogP contribution in [0, 0.1) is 0 Å². The number of nitrogens with zero attached hydrogens (tertiary/aromatic N) is 3. The highest BCUT2D eigenvalue weighted by molar-refractivity contribution is 9.10. The molecule has 2 heterocycles. The van der Waals surface area contributed by atoms with Crippen molar-refractivity contribution in [3.05, 3.63) is 22.4 Å². The lowest BCUT2D eigenvalue weighted by molar-refractivity contribution is 0.122. The third-order valence-corrected chi connectivity index (χ3v) is 3.81. The molecule has 1 aliphatic rings. The van der Waals surface area contributed by atoms with Crippen LogP contribution >= 0.6 is 15.9 Å². The Bertz CT molecular complexity index is 425. The first-order chi connectivity index (χ1) is 9.70. The molecule has 1 aromatic rings. The van der Waals surface area contributed by atoms with Crippen LogP contribution in [0.3, 0.4) is 0 Å². The summed E-state index contributed by atoms with van der Waals surface area (Å²) in [7, 11) is 3.81. The lowest BCUT2D eigenvalue weighted by Gasteiger charge is -2.31. The van der Waals surface area contributed by atoms with Gasteiger partial charge >= 0.3 is 0 Å². The molecule has 112 valence electrons. The van der Waals surface area contributed by atoms with Gasteiger partial charge in [0.05, 0.1) is 31.2 Å². The summed E-state index contributed by atoms with van der Waals surface area (Å²) in [5.41, 5.74) is 2.31. The van der Waals surface area contributed by atoms with Crippen LogP contribution in [0.25, 0.3) is 0 Å². The van der Waals surface area contributed by atoms with E-state index in [1.54, 1.807) is 7.11 Å². The van der Waals surface area contributed by atoms with E-state index in [-0.39, 0.29) is 0 Å². The third kappa shape index (κ3) is 4.41. The minimum absolute atomic E-state index is 0.734. The fourth-order valence-corrected chi connectivity index (χ4v) is 2.60. The van der Waals surface area contributed by atoms with Gasteiger partial charge in [0, 0.05) is 33.3 Å². The molecular formula is C14H22BrN3O2. The Balaban J connectivity index is 2.10. The van der Waals surface area contributed by atoms with Gasteiger partial charge in [0.1, 0.15) is 4.60 Å². The molecule has 1 saturated heterocycles. The highest BCUT2D eigenvalue weighted by atomic mass is 79.9. The Morgan fingerprint density at radius 1 is 1.40 bits per heavy atom. The zero-order valence-corrected chi connectivity index (χ0v) is 13.7. The summed E-state index contributed by atoms with van der Waals surface area (Å²) in [4.78, 5) is 9.22. The molecular weight excluding hydrogens is 322 g/mol. The van der Waals surface area contributed by atoms with Gasteiger partial charge in [-0.2, -0.15) is 0 Å². The Morgan fingerprint density at radius 2 is 2.15 bits per heavy atom. The van der Waals surface area contributed by atoms with E-state index < -0.39 is 0 Å². The van der Waals surface area contributed by atoms with Crippen LogP contribution < -0.4 is 4.90 Å². The summed E-state index contributed by atoms with van der Waals surface area (Å²) in [5, 5.41) is 0. The largest absolute Gasteiger partial charge is 0.383 e. The Hall–Kier alpha value is -0.690. The van der Waals surface area contributed by atoms with E-state index in [1.807, 2.05) is 6.07 Å². The van der Waals surface area contributed by atoms with Crippen LogP contribution in [0.5, 0.6) is 0 Å². The number of anilines is 1. The number of rotatable bonds is 6. The second kappa shape index (κ2) is 7.93. The summed E-state index contributed by atoms with van der Waals surface area (Å²) < 4.78 is 11.4. The number of morpholine rings is 1.